The summed E-state index contributed by atoms with van der Waals surface area (Å²) in [7, 11) is 0. The molecule has 0 fully saturated rings. The van der Waals surface area contributed by atoms with Gasteiger partial charge in [0.2, 0.25) is 0 Å². The van der Waals surface area contributed by atoms with Crippen molar-refractivity contribution >= 4 is 34.7 Å². The van der Waals surface area contributed by atoms with Crippen molar-refractivity contribution in [3.8, 4) is 0 Å². The smallest absolute Gasteiger partial charge is 0.408 e. The highest BCUT2D eigenvalue weighted by Crippen LogP contribution is 2.25. The first-order chi connectivity index (χ1) is 15.6. The standard InChI is InChI=1S/C23H25ClF2N4O3/c1-23(2,3)33-22(31)29-18(15-8-5-4-6-9-15)14-32-11-7-10-17-20-16(12-19(24)28-17)13-27-30(20)21(25)26/h4-10,12-13,18,21H,11,14H2,1-3H3,(H,29,31). The summed E-state index contributed by atoms with van der Waals surface area (Å²) in [6, 6.07) is 10.4. The van der Waals surface area contributed by atoms with Crippen molar-refractivity contribution in [1.82, 2.24) is 20.1 Å². The fourth-order valence-electron chi connectivity index (χ4n) is 3.11. The van der Waals surface area contributed by atoms with Crippen LogP contribution in [0.15, 0.2) is 48.7 Å². The molecule has 0 spiro atoms. The molecular formula is C23H25ClF2N4O3. The summed E-state index contributed by atoms with van der Waals surface area (Å²) >= 11 is 6.00. The predicted molar refractivity (Wildman–Crippen MR) is 122 cm³/mol. The van der Waals surface area contributed by atoms with E-state index in [0.717, 1.165) is 5.56 Å². The van der Waals surface area contributed by atoms with E-state index in [1.54, 1.807) is 32.9 Å². The lowest BCUT2D eigenvalue weighted by Crippen LogP contribution is -2.36. The van der Waals surface area contributed by atoms with Crippen LogP contribution in [0.4, 0.5) is 13.6 Å². The van der Waals surface area contributed by atoms with Crippen LogP contribution in [0.25, 0.3) is 17.0 Å². The SMILES string of the molecule is CC(C)(C)OC(=O)NC(COCC=Cc1nc(Cl)cc2cnn(C(F)F)c12)c1ccccc1. The van der Waals surface area contributed by atoms with Gasteiger partial charge in [-0.05, 0) is 38.5 Å². The molecular weight excluding hydrogens is 454 g/mol. The van der Waals surface area contributed by atoms with Crippen molar-refractivity contribution in [2.75, 3.05) is 13.2 Å². The van der Waals surface area contributed by atoms with Crippen LogP contribution in [0.1, 0.15) is 44.6 Å². The summed E-state index contributed by atoms with van der Waals surface area (Å²) in [5.74, 6) is 0. The Bertz CT molecular complexity index is 1110. The van der Waals surface area contributed by atoms with Gasteiger partial charge in [-0.15, -0.1) is 0 Å². The largest absolute Gasteiger partial charge is 0.444 e. The quantitative estimate of drug-likeness (QED) is 0.328. The maximum Gasteiger partial charge on any atom is 0.408 e. The van der Waals surface area contributed by atoms with Gasteiger partial charge in [0, 0.05) is 5.39 Å². The summed E-state index contributed by atoms with van der Waals surface area (Å²) in [6.07, 6.45) is 3.95. The Balaban J connectivity index is 1.67. The van der Waals surface area contributed by atoms with Crippen LogP contribution in [-0.2, 0) is 9.47 Å². The third-order valence-electron chi connectivity index (χ3n) is 4.42. The van der Waals surface area contributed by atoms with E-state index in [1.165, 1.54) is 12.3 Å². The minimum Gasteiger partial charge on any atom is -0.444 e. The number of hydrogen-bond donors (Lipinski definition) is 1. The Labute approximate surface area is 195 Å². The van der Waals surface area contributed by atoms with E-state index >= 15 is 0 Å². The number of rotatable bonds is 8. The van der Waals surface area contributed by atoms with E-state index < -0.39 is 24.3 Å². The molecule has 0 saturated heterocycles. The first-order valence-corrected chi connectivity index (χ1v) is 10.6. The number of carbonyl (C=O) groups is 1. The minimum atomic E-state index is -2.81. The molecule has 0 radical (unpaired) electrons. The van der Waals surface area contributed by atoms with Crippen molar-refractivity contribution in [1.29, 1.82) is 0 Å². The van der Waals surface area contributed by atoms with Gasteiger partial charge >= 0.3 is 12.6 Å². The highest BCUT2D eigenvalue weighted by Gasteiger charge is 2.21. The number of alkyl carbamates (subject to hydrolysis) is 1. The number of ether oxygens (including phenoxy) is 2. The Morgan fingerprint density at radius 2 is 2.00 bits per heavy atom. The van der Waals surface area contributed by atoms with Gasteiger partial charge < -0.3 is 14.8 Å². The number of halogens is 3. The van der Waals surface area contributed by atoms with Crippen LogP contribution in [-0.4, -0.2) is 39.7 Å². The molecule has 0 bridgehead atoms. The second kappa shape index (κ2) is 10.7. The van der Waals surface area contributed by atoms with Crippen molar-refractivity contribution in [3.05, 3.63) is 65.1 Å². The molecule has 2 heterocycles. The number of aromatic nitrogens is 3. The van der Waals surface area contributed by atoms with E-state index in [4.69, 9.17) is 21.1 Å². The molecule has 1 unspecified atom stereocenters. The normalized spacial score (nSPS) is 13.1. The van der Waals surface area contributed by atoms with E-state index in [1.807, 2.05) is 30.3 Å². The number of nitrogens with zero attached hydrogens (tertiary/aromatic N) is 3. The highest BCUT2D eigenvalue weighted by molar-refractivity contribution is 6.30. The van der Waals surface area contributed by atoms with Gasteiger partial charge in [0.05, 0.1) is 31.1 Å². The van der Waals surface area contributed by atoms with Crippen LogP contribution in [0.5, 0.6) is 0 Å². The van der Waals surface area contributed by atoms with Crippen molar-refractivity contribution in [2.45, 2.75) is 39.0 Å². The summed E-state index contributed by atoms with van der Waals surface area (Å²) in [4.78, 5) is 16.4. The van der Waals surface area contributed by atoms with Crippen LogP contribution in [0.3, 0.4) is 0 Å². The first kappa shape index (κ1) is 24.6. The third-order valence-corrected chi connectivity index (χ3v) is 4.61. The zero-order valence-electron chi connectivity index (χ0n) is 18.5. The van der Waals surface area contributed by atoms with Crippen LogP contribution in [0, 0.1) is 0 Å². The lowest BCUT2D eigenvalue weighted by Gasteiger charge is -2.23. The molecule has 0 aliphatic rings. The molecule has 1 atom stereocenters. The second-order valence-corrected chi connectivity index (χ2v) is 8.57. The van der Waals surface area contributed by atoms with Crippen LogP contribution < -0.4 is 5.32 Å². The minimum absolute atomic E-state index is 0.151. The number of amides is 1. The fourth-order valence-corrected chi connectivity index (χ4v) is 3.32. The van der Waals surface area contributed by atoms with E-state index in [0.29, 0.717) is 10.1 Å². The first-order valence-electron chi connectivity index (χ1n) is 10.2. The molecule has 3 aromatic rings. The molecule has 7 nitrogen and oxygen atoms in total. The second-order valence-electron chi connectivity index (χ2n) is 8.18. The number of benzene rings is 1. The molecule has 3 rings (SSSR count). The Morgan fingerprint density at radius 1 is 1.27 bits per heavy atom. The van der Waals surface area contributed by atoms with Gasteiger partial charge in [-0.3, -0.25) is 0 Å². The molecule has 10 heteroatoms. The number of pyridine rings is 1. The van der Waals surface area contributed by atoms with Gasteiger partial charge in [0.25, 0.3) is 0 Å². The van der Waals surface area contributed by atoms with Gasteiger partial charge in [-0.2, -0.15) is 13.9 Å². The van der Waals surface area contributed by atoms with Gasteiger partial charge in [0.1, 0.15) is 16.3 Å². The Kier molecular flexibility index (Phi) is 7.99. The summed E-state index contributed by atoms with van der Waals surface area (Å²) in [5, 5.41) is 7.14. The number of nitrogens with one attached hydrogen (secondary N) is 1. The van der Waals surface area contributed by atoms with Crippen LogP contribution in [0.2, 0.25) is 5.15 Å². The van der Waals surface area contributed by atoms with Crippen molar-refractivity contribution in [2.24, 2.45) is 0 Å². The number of alkyl halides is 2. The van der Waals surface area contributed by atoms with Crippen molar-refractivity contribution < 1.29 is 23.0 Å². The maximum atomic E-state index is 13.3. The summed E-state index contributed by atoms with van der Waals surface area (Å²) in [5.41, 5.74) is 0.658. The molecule has 0 aliphatic heterocycles. The lowest BCUT2D eigenvalue weighted by molar-refractivity contribution is 0.0455. The van der Waals surface area contributed by atoms with E-state index in [2.05, 4.69) is 15.4 Å². The molecule has 1 amide bonds. The lowest BCUT2D eigenvalue weighted by atomic mass is 10.1. The topological polar surface area (TPSA) is 78.3 Å². The van der Waals surface area contributed by atoms with Gasteiger partial charge in [-0.25, -0.2) is 14.5 Å². The predicted octanol–water partition coefficient (Wildman–Crippen LogP) is 5.78. The average molecular weight is 479 g/mol. The monoisotopic (exact) mass is 478 g/mol. The van der Waals surface area contributed by atoms with Crippen molar-refractivity contribution in [3.63, 3.8) is 0 Å². The third kappa shape index (κ3) is 6.97. The Morgan fingerprint density at radius 3 is 2.67 bits per heavy atom. The number of hydrogen-bond acceptors (Lipinski definition) is 5. The van der Waals surface area contributed by atoms with E-state index in [-0.39, 0.29) is 29.6 Å². The molecule has 2 aromatic heterocycles. The van der Waals surface area contributed by atoms with Crippen LogP contribution >= 0.6 is 11.6 Å². The zero-order chi connectivity index (χ0) is 24.0. The maximum absolute atomic E-state index is 13.3. The molecule has 0 aliphatic carbocycles. The molecule has 1 aromatic carbocycles. The summed E-state index contributed by atoms with van der Waals surface area (Å²) < 4.78 is 38.2. The molecule has 33 heavy (non-hydrogen) atoms. The van der Waals surface area contributed by atoms with Gasteiger partial charge in [0.15, 0.2) is 0 Å². The highest BCUT2D eigenvalue weighted by atomic mass is 35.5. The molecule has 176 valence electrons. The molecule has 0 saturated carbocycles. The zero-order valence-corrected chi connectivity index (χ0v) is 19.2. The summed E-state index contributed by atoms with van der Waals surface area (Å²) in [6.45, 7) is 2.86. The Hall–Kier alpha value is -3.04. The molecule has 1 N–H and O–H groups in total. The average Bonchev–Trinajstić information content (AvgIpc) is 3.16. The number of fused-ring (bicyclic) bond motifs is 1. The number of carbonyl (C=O) groups excluding carboxylic acids is 1. The fraction of sp³-hybridized carbons (Fsp3) is 0.348. The van der Waals surface area contributed by atoms with Gasteiger partial charge in [-0.1, -0.05) is 48.0 Å². The van der Waals surface area contributed by atoms with E-state index in [9.17, 15) is 13.6 Å².